The minimum atomic E-state index is -1.29. The summed E-state index contributed by atoms with van der Waals surface area (Å²) >= 11 is 0. The summed E-state index contributed by atoms with van der Waals surface area (Å²) in [7, 11) is 0. The highest BCUT2D eigenvalue weighted by Gasteiger charge is 2.65. The van der Waals surface area contributed by atoms with Crippen LogP contribution in [-0.2, 0) is 19.2 Å². The minimum absolute atomic E-state index is 0. The third-order valence-electron chi connectivity index (χ3n) is 6.76. The Morgan fingerprint density at radius 3 is 0.900 bits per heavy atom. The van der Waals surface area contributed by atoms with Crippen molar-refractivity contribution >= 4 is 23.6 Å². The van der Waals surface area contributed by atoms with E-state index < -0.39 is 52.3 Å². The van der Waals surface area contributed by atoms with Crippen LogP contribution in [-0.4, -0.2) is 78.5 Å². The molecule has 0 aromatic heterocycles. The van der Waals surface area contributed by atoms with Gasteiger partial charge in [0.1, 0.15) is 24.2 Å². The molecule has 4 N–H and O–H groups in total. The number of nitrogens with zero attached hydrogens (tertiary/aromatic N) is 1. The molecule has 4 saturated heterocycles. The van der Waals surface area contributed by atoms with Crippen LogP contribution in [0.2, 0.25) is 0 Å². The SMILES string of the molecule is O=C([C@@H]1CCCN1)[N+](C(=O)[C@@H]1CCCN1)(C(=O)[C@@H]1CCCN1)C(=O)[C@@H]1CCCN1.[Br-]. The van der Waals surface area contributed by atoms with Gasteiger partial charge < -0.3 is 38.2 Å². The normalized spacial score (nSPS) is 31.5. The first kappa shape index (κ1) is 23.6. The second kappa shape index (κ2) is 10.1. The lowest BCUT2D eigenvalue weighted by molar-refractivity contribution is -0.632. The van der Waals surface area contributed by atoms with Gasteiger partial charge in [0, 0.05) is 0 Å². The van der Waals surface area contributed by atoms with Crippen molar-refractivity contribution < 1.29 is 40.6 Å². The van der Waals surface area contributed by atoms with Gasteiger partial charge in [-0.2, -0.15) is 0 Å². The number of rotatable bonds is 4. The molecule has 30 heavy (non-hydrogen) atoms. The summed E-state index contributed by atoms with van der Waals surface area (Å²) in [5.74, 6) is -2.34. The van der Waals surface area contributed by atoms with E-state index in [1.54, 1.807) is 0 Å². The Balaban J connectivity index is 0.00000256. The van der Waals surface area contributed by atoms with E-state index in [0.717, 1.165) is 25.7 Å². The summed E-state index contributed by atoms with van der Waals surface area (Å²) < 4.78 is -1.29. The molecule has 0 aliphatic carbocycles. The van der Waals surface area contributed by atoms with Crippen LogP contribution < -0.4 is 38.2 Å². The second-order valence-corrected chi connectivity index (χ2v) is 8.62. The Bertz CT molecular complexity index is 561. The van der Waals surface area contributed by atoms with E-state index in [2.05, 4.69) is 21.3 Å². The molecule has 0 aromatic rings. The predicted molar refractivity (Wildman–Crippen MR) is 104 cm³/mol. The monoisotopic (exact) mass is 485 g/mol. The quantitative estimate of drug-likeness (QED) is 0.234. The fraction of sp³-hybridized carbons (Fsp3) is 0.800. The first-order valence-corrected chi connectivity index (χ1v) is 11.1. The van der Waals surface area contributed by atoms with Crippen molar-refractivity contribution in [1.29, 1.82) is 0 Å². The molecular weight excluding hydrogens is 454 g/mol. The van der Waals surface area contributed by atoms with Crippen LogP contribution in [0.1, 0.15) is 51.4 Å². The molecule has 4 fully saturated rings. The van der Waals surface area contributed by atoms with Gasteiger partial charge in [0.15, 0.2) is 0 Å². The molecule has 168 valence electrons. The molecule has 4 rings (SSSR count). The zero-order chi connectivity index (χ0) is 20.4. The topological polar surface area (TPSA) is 116 Å². The summed E-state index contributed by atoms with van der Waals surface area (Å²) in [4.78, 5) is 55.3. The zero-order valence-electron chi connectivity index (χ0n) is 17.3. The fourth-order valence-electron chi connectivity index (χ4n) is 5.17. The highest BCUT2D eigenvalue weighted by atomic mass is 79.9. The summed E-state index contributed by atoms with van der Waals surface area (Å²) in [6.07, 6.45) is 5.33. The number of nitrogens with one attached hydrogen (secondary N) is 4. The van der Waals surface area contributed by atoms with E-state index in [0.29, 0.717) is 51.9 Å². The smallest absolute Gasteiger partial charge is 0.353 e. The Morgan fingerprint density at radius 1 is 0.500 bits per heavy atom. The zero-order valence-corrected chi connectivity index (χ0v) is 18.8. The minimum Gasteiger partial charge on any atom is -1.00 e. The summed E-state index contributed by atoms with van der Waals surface area (Å²) in [6, 6.07) is -2.57. The van der Waals surface area contributed by atoms with E-state index in [-0.39, 0.29) is 17.0 Å². The summed E-state index contributed by atoms with van der Waals surface area (Å²) in [5.41, 5.74) is 0. The van der Waals surface area contributed by atoms with Crippen LogP contribution in [0.5, 0.6) is 0 Å². The number of carbonyl (C=O) groups is 4. The molecule has 0 radical (unpaired) electrons. The first-order chi connectivity index (χ1) is 14.1. The molecule has 0 saturated carbocycles. The molecule has 4 aliphatic heterocycles. The Hall–Kier alpha value is -1.04. The molecule has 4 amide bonds. The summed E-state index contributed by atoms with van der Waals surface area (Å²) in [5, 5.41) is 12.5. The molecule has 9 nitrogen and oxygen atoms in total. The fourth-order valence-corrected chi connectivity index (χ4v) is 5.17. The van der Waals surface area contributed by atoms with E-state index in [9.17, 15) is 19.2 Å². The maximum atomic E-state index is 13.8. The lowest BCUT2D eigenvalue weighted by atomic mass is 10.0. The van der Waals surface area contributed by atoms with Crippen LogP contribution in [0.15, 0.2) is 0 Å². The Kier molecular flexibility index (Phi) is 7.92. The highest BCUT2D eigenvalue weighted by molar-refractivity contribution is 6.14. The lowest BCUT2D eigenvalue weighted by Crippen LogP contribution is -3.00. The van der Waals surface area contributed by atoms with Crippen molar-refractivity contribution in [2.24, 2.45) is 0 Å². The van der Waals surface area contributed by atoms with Crippen LogP contribution in [0.25, 0.3) is 0 Å². The average Bonchev–Trinajstić information content (AvgIpc) is 3.55. The van der Waals surface area contributed by atoms with Crippen LogP contribution in [0.4, 0.5) is 0 Å². The maximum Gasteiger partial charge on any atom is 0.353 e. The van der Waals surface area contributed by atoms with Crippen LogP contribution in [0, 0.1) is 0 Å². The van der Waals surface area contributed by atoms with Crippen molar-refractivity contribution in [3.8, 4) is 0 Å². The number of halogens is 1. The second-order valence-electron chi connectivity index (χ2n) is 8.62. The van der Waals surface area contributed by atoms with E-state index >= 15 is 0 Å². The van der Waals surface area contributed by atoms with Gasteiger partial charge in [-0.3, -0.25) is 0 Å². The number of carbonyl (C=O) groups excluding carboxylic acids is 4. The molecule has 4 aliphatic rings. The number of hydrogen-bond donors (Lipinski definition) is 4. The van der Waals surface area contributed by atoms with Gasteiger partial charge in [-0.25, -0.2) is 19.2 Å². The molecule has 0 bridgehead atoms. The number of imide groups is 6. The van der Waals surface area contributed by atoms with Crippen LogP contribution in [0.3, 0.4) is 0 Å². The molecule has 0 spiro atoms. The number of quaternary nitrogens is 1. The third-order valence-corrected chi connectivity index (χ3v) is 6.76. The van der Waals surface area contributed by atoms with E-state index in [1.165, 1.54) is 0 Å². The lowest BCUT2D eigenvalue weighted by Gasteiger charge is -2.35. The Labute approximate surface area is 187 Å². The van der Waals surface area contributed by atoms with Crippen molar-refractivity contribution in [1.82, 2.24) is 21.3 Å². The van der Waals surface area contributed by atoms with Gasteiger partial charge in [0.2, 0.25) is 0 Å². The van der Waals surface area contributed by atoms with Gasteiger partial charge >= 0.3 is 23.6 Å². The van der Waals surface area contributed by atoms with Gasteiger partial charge in [-0.05, 0) is 77.5 Å². The molecular formula is C20H32BrN5O4. The van der Waals surface area contributed by atoms with Gasteiger partial charge in [-0.1, -0.05) is 4.48 Å². The van der Waals surface area contributed by atoms with Crippen molar-refractivity contribution in [3.63, 3.8) is 0 Å². The van der Waals surface area contributed by atoms with Crippen molar-refractivity contribution in [2.45, 2.75) is 75.5 Å². The standard InChI is InChI=1S/C20H32N5O4.BrH/c26-17(13-5-1-9-21-13)25(18(27)14-6-2-10-22-14,19(28)15-7-3-11-23-15)20(29)16-8-4-12-24-16;/h13-16,21-24H,1-12H2;1H/q+1;/p-1/t13-,14-,15-,16-;/m0./s1. The predicted octanol–water partition coefficient (Wildman–Crippen LogP) is -4.08. The van der Waals surface area contributed by atoms with Gasteiger partial charge in [0.25, 0.3) is 0 Å². The Morgan fingerprint density at radius 2 is 0.733 bits per heavy atom. The molecule has 4 heterocycles. The average molecular weight is 486 g/mol. The molecule has 4 atom stereocenters. The number of hydrogen-bond acceptors (Lipinski definition) is 8. The third kappa shape index (κ3) is 4.05. The van der Waals surface area contributed by atoms with Gasteiger partial charge in [0.05, 0.1) is 0 Å². The summed E-state index contributed by atoms with van der Waals surface area (Å²) in [6.45, 7) is 2.60. The van der Waals surface area contributed by atoms with Crippen molar-refractivity contribution in [3.05, 3.63) is 0 Å². The molecule has 0 unspecified atom stereocenters. The highest BCUT2D eigenvalue weighted by Crippen LogP contribution is 2.28. The first-order valence-electron chi connectivity index (χ1n) is 11.1. The van der Waals surface area contributed by atoms with Gasteiger partial charge in [-0.15, -0.1) is 0 Å². The number of amides is 4. The van der Waals surface area contributed by atoms with E-state index in [1.807, 2.05) is 0 Å². The molecule has 10 heteroatoms. The van der Waals surface area contributed by atoms with Crippen LogP contribution >= 0.6 is 0 Å². The largest absolute Gasteiger partial charge is 1.00 e. The van der Waals surface area contributed by atoms with E-state index in [4.69, 9.17) is 0 Å². The maximum absolute atomic E-state index is 13.8. The van der Waals surface area contributed by atoms with Crippen molar-refractivity contribution in [2.75, 3.05) is 26.2 Å². The molecule has 0 aromatic carbocycles.